The number of amides is 2. The predicted octanol–water partition coefficient (Wildman–Crippen LogP) is 2.94. The van der Waals surface area contributed by atoms with Crippen LogP contribution in [-0.4, -0.2) is 45.5 Å². The number of ether oxygens (including phenoxy) is 1. The summed E-state index contributed by atoms with van der Waals surface area (Å²) in [6.07, 6.45) is 6.53. The van der Waals surface area contributed by atoms with Crippen LogP contribution in [0, 0.1) is 5.82 Å². The number of carbonyl (C=O) groups is 2. The second-order valence-electron chi connectivity index (χ2n) is 8.52. The molecule has 2 atom stereocenters. The Balaban J connectivity index is 1.22. The molecule has 2 unspecified atom stereocenters. The molecule has 9 nitrogen and oxygen atoms in total. The lowest BCUT2D eigenvalue weighted by Crippen LogP contribution is -2.37. The Morgan fingerprint density at radius 1 is 1.23 bits per heavy atom. The number of thioether (sulfide) groups is 1. The van der Waals surface area contributed by atoms with Crippen LogP contribution in [0.15, 0.2) is 47.8 Å². The van der Waals surface area contributed by atoms with Gasteiger partial charge in [0.25, 0.3) is 0 Å². The van der Waals surface area contributed by atoms with Crippen LogP contribution in [0.3, 0.4) is 0 Å². The molecular weight excluding hydrogens is 471 g/mol. The van der Waals surface area contributed by atoms with Crippen molar-refractivity contribution < 1.29 is 18.7 Å². The van der Waals surface area contributed by atoms with E-state index in [9.17, 15) is 14.0 Å². The van der Waals surface area contributed by atoms with Gasteiger partial charge in [-0.05, 0) is 25.1 Å². The van der Waals surface area contributed by atoms with Gasteiger partial charge in [-0.25, -0.2) is 9.37 Å². The third kappa shape index (κ3) is 5.30. The Hall–Kier alpha value is -3.44. The van der Waals surface area contributed by atoms with E-state index in [-0.39, 0.29) is 35.1 Å². The molecule has 2 aliphatic rings. The standard InChI is InChI=1S/C24H25FN6O3S/c1-31-9-8-28-24(31)20-11-17-23(35-20)19(5-7-27-17)34-18-3-2-14(10-16(18)25)29-21(32)12-22(33)30-15-4-6-26-13-15/h2-3,5,7-10,15,20,26H,4,6,11-13H2,1H3,(H,29,32)(H,30,33). The fraction of sp³-hybridized carbons (Fsp3) is 0.333. The number of halogens is 1. The van der Waals surface area contributed by atoms with E-state index in [1.165, 1.54) is 12.1 Å². The minimum absolute atomic E-state index is 0.0314. The van der Waals surface area contributed by atoms with Crippen LogP contribution < -0.4 is 20.7 Å². The fourth-order valence-electron chi connectivity index (χ4n) is 4.20. The Labute approximate surface area is 205 Å². The van der Waals surface area contributed by atoms with E-state index in [4.69, 9.17) is 4.74 Å². The highest BCUT2D eigenvalue weighted by atomic mass is 32.2. The SMILES string of the molecule is Cn1ccnc1C1Cc2nccc(Oc3ccc(NC(=O)CC(=O)NC4CCNC4)cc3F)c2S1. The number of carbonyl (C=O) groups excluding carboxylic acids is 2. The van der Waals surface area contributed by atoms with Crippen LogP contribution in [0.5, 0.6) is 11.5 Å². The average molecular weight is 497 g/mol. The van der Waals surface area contributed by atoms with Gasteiger partial charge in [0.1, 0.15) is 18.0 Å². The number of hydrogen-bond donors (Lipinski definition) is 3. The third-order valence-electron chi connectivity index (χ3n) is 5.91. The molecule has 4 heterocycles. The van der Waals surface area contributed by atoms with Crippen molar-refractivity contribution in [1.82, 2.24) is 25.2 Å². The van der Waals surface area contributed by atoms with Crippen molar-refractivity contribution in [3.8, 4) is 11.5 Å². The van der Waals surface area contributed by atoms with Crippen LogP contribution in [0.2, 0.25) is 0 Å². The van der Waals surface area contributed by atoms with Gasteiger partial charge in [-0.1, -0.05) is 0 Å². The fourth-order valence-corrected chi connectivity index (χ4v) is 5.56. The second kappa shape index (κ2) is 10.0. The Kier molecular flexibility index (Phi) is 6.69. The zero-order chi connectivity index (χ0) is 24.4. The molecule has 2 aromatic heterocycles. The van der Waals surface area contributed by atoms with Crippen molar-refractivity contribution in [2.75, 3.05) is 18.4 Å². The summed E-state index contributed by atoms with van der Waals surface area (Å²) in [7, 11) is 1.95. The lowest BCUT2D eigenvalue weighted by atomic mass is 10.2. The molecule has 0 bridgehead atoms. The lowest BCUT2D eigenvalue weighted by molar-refractivity contribution is -0.127. The lowest BCUT2D eigenvalue weighted by Gasteiger charge is -2.13. The van der Waals surface area contributed by atoms with Gasteiger partial charge in [0.2, 0.25) is 11.8 Å². The van der Waals surface area contributed by atoms with E-state index in [1.54, 1.807) is 36.3 Å². The maximum absolute atomic E-state index is 14.8. The first-order valence-electron chi connectivity index (χ1n) is 11.4. The summed E-state index contributed by atoms with van der Waals surface area (Å²) < 4.78 is 22.7. The van der Waals surface area contributed by atoms with Gasteiger partial charge in [-0.2, -0.15) is 0 Å². The van der Waals surface area contributed by atoms with Crippen LogP contribution in [-0.2, 0) is 23.1 Å². The van der Waals surface area contributed by atoms with E-state index in [1.807, 2.05) is 17.8 Å². The molecule has 1 fully saturated rings. The summed E-state index contributed by atoms with van der Waals surface area (Å²) in [5.74, 6) is 0.00131. The van der Waals surface area contributed by atoms with E-state index in [0.717, 1.165) is 29.4 Å². The normalized spacial score (nSPS) is 18.8. The summed E-state index contributed by atoms with van der Waals surface area (Å²) in [5.41, 5.74) is 1.14. The Morgan fingerprint density at radius 2 is 2.11 bits per heavy atom. The minimum atomic E-state index is -0.626. The van der Waals surface area contributed by atoms with E-state index in [2.05, 4.69) is 25.9 Å². The second-order valence-corrected chi connectivity index (χ2v) is 9.73. The molecule has 35 heavy (non-hydrogen) atoms. The predicted molar refractivity (Wildman–Crippen MR) is 129 cm³/mol. The monoisotopic (exact) mass is 496 g/mol. The largest absolute Gasteiger partial charge is 0.453 e. The summed E-state index contributed by atoms with van der Waals surface area (Å²) in [5, 5.41) is 8.62. The van der Waals surface area contributed by atoms with Crippen molar-refractivity contribution in [3.05, 3.63) is 60.2 Å². The van der Waals surface area contributed by atoms with Crippen molar-refractivity contribution in [3.63, 3.8) is 0 Å². The average Bonchev–Trinajstić information content (AvgIpc) is 3.56. The maximum Gasteiger partial charge on any atom is 0.233 e. The minimum Gasteiger partial charge on any atom is -0.453 e. The number of benzene rings is 1. The van der Waals surface area contributed by atoms with E-state index < -0.39 is 11.7 Å². The van der Waals surface area contributed by atoms with Crippen LogP contribution >= 0.6 is 11.8 Å². The molecule has 0 spiro atoms. The maximum atomic E-state index is 14.8. The molecule has 182 valence electrons. The number of aryl methyl sites for hydroxylation is 1. The molecular formula is C24H25FN6O3S. The van der Waals surface area contributed by atoms with Gasteiger partial charge in [0.15, 0.2) is 11.6 Å². The molecule has 1 aromatic carbocycles. The van der Waals surface area contributed by atoms with Gasteiger partial charge in [-0.15, -0.1) is 11.8 Å². The smallest absolute Gasteiger partial charge is 0.233 e. The first-order valence-corrected chi connectivity index (χ1v) is 12.2. The quantitative estimate of drug-likeness (QED) is 0.432. The first kappa shape index (κ1) is 23.3. The van der Waals surface area contributed by atoms with Crippen molar-refractivity contribution >= 4 is 29.3 Å². The number of aromatic nitrogens is 3. The molecule has 2 aliphatic heterocycles. The number of anilines is 1. The van der Waals surface area contributed by atoms with E-state index >= 15 is 0 Å². The van der Waals surface area contributed by atoms with Crippen LogP contribution in [0.25, 0.3) is 0 Å². The van der Waals surface area contributed by atoms with Crippen LogP contribution in [0.4, 0.5) is 10.1 Å². The highest BCUT2D eigenvalue weighted by molar-refractivity contribution is 8.00. The Morgan fingerprint density at radius 3 is 2.86 bits per heavy atom. The number of pyridine rings is 1. The molecule has 0 aliphatic carbocycles. The zero-order valence-electron chi connectivity index (χ0n) is 19.1. The van der Waals surface area contributed by atoms with Gasteiger partial charge in [0, 0.05) is 62.5 Å². The van der Waals surface area contributed by atoms with Gasteiger partial charge in [-0.3, -0.25) is 14.6 Å². The number of fused-ring (bicyclic) bond motifs is 1. The van der Waals surface area contributed by atoms with Crippen LogP contribution in [0.1, 0.15) is 29.6 Å². The Bertz CT molecular complexity index is 1260. The number of imidazole rings is 1. The van der Waals surface area contributed by atoms with Crippen molar-refractivity contribution in [1.29, 1.82) is 0 Å². The number of nitrogens with zero attached hydrogens (tertiary/aromatic N) is 3. The van der Waals surface area contributed by atoms with Crippen molar-refractivity contribution in [2.45, 2.75) is 35.4 Å². The first-order chi connectivity index (χ1) is 17.0. The van der Waals surface area contributed by atoms with Crippen molar-refractivity contribution in [2.24, 2.45) is 7.05 Å². The summed E-state index contributed by atoms with van der Waals surface area (Å²) in [6.45, 7) is 1.54. The zero-order valence-corrected chi connectivity index (χ0v) is 19.9. The topological polar surface area (TPSA) is 110 Å². The molecule has 11 heteroatoms. The summed E-state index contributed by atoms with van der Waals surface area (Å²) in [6, 6.07) is 5.92. The molecule has 2 amide bonds. The highest BCUT2D eigenvalue weighted by Crippen LogP contribution is 2.49. The number of hydrogen-bond acceptors (Lipinski definition) is 7. The summed E-state index contributed by atoms with van der Waals surface area (Å²) in [4.78, 5) is 34.0. The molecule has 3 aromatic rings. The molecule has 1 saturated heterocycles. The summed E-state index contributed by atoms with van der Waals surface area (Å²) >= 11 is 1.60. The van der Waals surface area contributed by atoms with Gasteiger partial charge >= 0.3 is 0 Å². The molecule has 0 radical (unpaired) electrons. The highest BCUT2D eigenvalue weighted by Gasteiger charge is 2.30. The molecule has 3 N–H and O–H groups in total. The van der Waals surface area contributed by atoms with E-state index in [0.29, 0.717) is 18.7 Å². The van der Waals surface area contributed by atoms with Gasteiger partial charge in [0.05, 0.1) is 15.8 Å². The molecule has 5 rings (SSSR count). The number of nitrogens with one attached hydrogen (secondary N) is 3. The third-order valence-corrected chi connectivity index (χ3v) is 7.24. The number of rotatable bonds is 7. The molecule has 0 saturated carbocycles. The van der Waals surface area contributed by atoms with Gasteiger partial charge < -0.3 is 25.3 Å².